The lowest BCUT2D eigenvalue weighted by atomic mass is 10.2. The molecule has 0 saturated carbocycles. The first-order valence-electron chi connectivity index (χ1n) is 7.12. The number of hydrogen-bond donors (Lipinski definition) is 0. The molecule has 4 rings (SSSR count). The lowest BCUT2D eigenvalue weighted by Gasteiger charge is -2.09. The second-order valence-corrected chi connectivity index (χ2v) is 5.11. The maximum absolute atomic E-state index is 13.7. The van der Waals surface area contributed by atoms with Crippen LogP contribution in [0, 0.1) is 5.82 Å². The lowest BCUT2D eigenvalue weighted by Crippen LogP contribution is -1.97. The summed E-state index contributed by atoms with van der Waals surface area (Å²) in [5, 5.41) is 0. The normalized spacial score (nSPS) is 11.0. The fourth-order valence-corrected chi connectivity index (χ4v) is 2.67. The molecule has 4 aromatic rings. The van der Waals surface area contributed by atoms with E-state index < -0.39 is 0 Å². The van der Waals surface area contributed by atoms with Crippen molar-refractivity contribution in [2.24, 2.45) is 0 Å². The van der Waals surface area contributed by atoms with Crippen LogP contribution >= 0.6 is 0 Å². The number of aromatic nitrogens is 2. The topological polar surface area (TPSA) is 17.8 Å². The molecule has 0 unspecified atom stereocenters. The molecule has 0 aliphatic rings. The predicted molar refractivity (Wildman–Crippen MR) is 86.5 cm³/mol. The van der Waals surface area contributed by atoms with Gasteiger partial charge in [0.2, 0.25) is 0 Å². The molecule has 3 aromatic carbocycles. The highest BCUT2D eigenvalue weighted by molar-refractivity contribution is 5.83. The van der Waals surface area contributed by atoms with E-state index in [1.165, 1.54) is 12.1 Å². The zero-order valence-corrected chi connectivity index (χ0v) is 11.8. The molecule has 0 aliphatic heterocycles. The van der Waals surface area contributed by atoms with E-state index in [1.54, 1.807) is 6.07 Å². The fourth-order valence-electron chi connectivity index (χ4n) is 2.67. The smallest absolute Gasteiger partial charge is 0.145 e. The number of hydrogen-bond acceptors (Lipinski definition) is 1. The molecule has 106 valence electrons. The Hall–Kier alpha value is -2.94. The van der Waals surface area contributed by atoms with Gasteiger partial charge in [0.05, 0.1) is 11.0 Å². The standard InChI is InChI=1S/C19H13FN2/c20-15-11-12-17-18(13-15)22(16-9-5-2-6-10-16)19(21-17)14-7-3-1-4-8-14/h1-13H. The van der Waals surface area contributed by atoms with Crippen molar-refractivity contribution in [3.8, 4) is 17.1 Å². The molecule has 1 aromatic heterocycles. The summed E-state index contributed by atoms with van der Waals surface area (Å²) in [5.74, 6) is 0.552. The molecule has 0 amide bonds. The zero-order chi connectivity index (χ0) is 14.9. The Bertz CT molecular complexity index is 928. The van der Waals surface area contributed by atoms with Gasteiger partial charge in [0.25, 0.3) is 0 Å². The van der Waals surface area contributed by atoms with Crippen LogP contribution in [0.3, 0.4) is 0 Å². The third kappa shape index (κ3) is 2.07. The van der Waals surface area contributed by atoms with Crippen LogP contribution in [0.2, 0.25) is 0 Å². The monoisotopic (exact) mass is 288 g/mol. The first-order valence-corrected chi connectivity index (χ1v) is 7.12. The summed E-state index contributed by atoms with van der Waals surface area (Å²) in [6, 6.07) is 24.5. The second kappa shape index (κ2) is 5.11. The molecule has 3 heteroatoms. The van der Waals surface area contributed by atoms with E-state index in [4.69, 9.17) is 4.98 Å². The lowest BCUT2D eigenvalue weighted by molar-refractivity contribution is 0.629. The Morgan fingerprint density at radius 2 is 1.45 bits per heavy atom. The van der Waals surface area contributed by atoms with Crippen molar-refractivity contribution in [3.05, 3.63) is 84.7 Å². The van der Waals surface area contributed by atoms with Gasteiger partial charge < -0.3 is 0 Å². The summed E-state index contributed by atoms with van der Waals surface area (Å²) in [5.41, 5.74) is 3.52. The molecule has 0 N–H and O–H groups in total. The van der Waals surface area contributed by atoms with E-state index in [9.17, 15) is 4.39 Å². The van der Waals surface area contributed by atoms with E-state index in [2.05, 4.69) is 0 Å². The third-order valence-electron chi connectivity index (χ3n) is 3.66. The molecular weight excluding hydrogens is 275 g/mol. The van der Waals surface area contributed by atoms with Crippen molar-refractivity contribution in [2.75, 3.05) is 0 Å². The number of rotatable bonds is 2. The number of imidazole rings is 1. The third-order valence-corrected chi connectivity index (χ3v) is 3.66. The number of benzene rings is 3. The van der Waals surface area contributed by atoms with Crippen molar-refractivity contribution in [3.63, 3.8) is 0 Å². The number of para-hydroxylation sites is 1. The van der Waals surface area contributed by atoms with E-state index in [1.807, 2.05) is 65.2 Å². The van der Waals surface area contributed by atoms with Gasteiger partial charge in [-0.1, -0.05) is 48.5 Å². The van der Waals surface area contributed by atoms with Gasteiger partial charge in [0.15, 0.2) is 0 Å². The predicted octanol–water partition coefficient (Wildman–Crippen LogP) is 4.83. The average Bonchev–Trinajstić information content (AvgIpc) is 2.95. The first kappa shape index (κ1) is 12.8. The van der Waals surface area contributed by atoms with Gasteiger partial charge in [-0.05, 0) is 24.3 Å². The molecule has 0 bridgehead atoms. The molecule has 0 radical (unpaired) electrons. The summed E-state index contributed by atoms with van der Waals surface area (Å²) < 4.78 is 15.7. The second-order valence-electron chi connectivity index (χ2n) is 5.11. The largest absolute Gasteiger partial charge is 0.292 e. The van der Waals surface area contributed by atoms with Gasteiger partial charge in [-0.3, -0.25) is 4.57 Å². The summed E-state index contributed by atoms with van der Waals surface area (Å²) >= 11 is 0. The maximum atomic E-state index is 13.7. The number of nitrogens with zero attached hydrogens (tertiary/aromatic N) is 2. The molecular formula is C19H13FN2. The summed E-state index contributed by atoms with van der Waals surface area (Å²) in [4.78, 5) is 4.70. The highest BCUT2D eigenvalue weighted by Crippen LogP contribution is 2.28. The van der Waals surface area contributed by atoms with E-state index >= 15 is 0 Å². The van der Waals surface area contributed by atoms with Gasteiger partial charge >= 0.3 is 0 Å². The molecule has 0 atom stereocenters. The van der Waals surface area contributed by atoms with Gasteiger partial charge in [-0.2, -0.15) is 0 Å². The van der Waals surface area contributed by atoms with Crippen LogP contribution in [0.25, 0.3) is 28.1 Å². The molecule has 0 aliphatic carbocycles. The minimum atomic E-state index is -0.260. The quantitative estimate of drug-likeness (QED) is 0.516. The van der Waals surface area contributed by atoms with Crippen LogP contribution in [0.1, 0.15) is 0 Å². The van der Waals surface area contributed by atoms with Crippen LogP contribution in [0.15, 0.2) is 78.9 Å². The average molecular weight is 288 g/mol. The number of halogens is 1. The Morgan fingerprint density at radius 1 is 0.773 bits per heavy atom. The Balaban J connectivity index is 2.08. The van der Waals surface area contributed by atoms with Crippen molar-refractivity contribution < 1.29 is 4.39 Å². The van der Waals surface area contributed by atoms with Crippen LogP contribution in [0.4, 0.5) is 4.39 Å². The van der Waals surface area contributed by atoms with E-state index in [0.29, 0.717) is 0 Å². The van der Waals surface area contributed by atoms with Crippen molar-refractivity contribution >= 4 is 11.0 Å². The summed E-state index contributed by atoms with van der Waals surface area (Å²) in [7, 11) is 0. The minimum Gasteiger partial charge on any atom is -0.292 e. The summed E-state index contributed by atoms with van der Waals surface area (Å²) in [6.07, 6.45) is 0. The summed E-state index contributed by atoms with van der Waals surface area (Å²) in [6.45, 7) is 0. The molecule has 1 heterocycles. The first-order chi connectivity index (χ1) is 10.8. The van der Waals surface area contributed by atoms with Crippen LogP contribution in [-0.4, -0.2) is 9.55 Å². The van der Waals surface area contributed by atoms with Crippen LogP contribution in [-0.2, 0) is 0 Å². The van der Waals surface area contributed by atoms with Crippen molar-refractivity contribution in [2.45, 2.75) is 0 Å². The van der Waals surface area contributed by atoms with E-state index in [0.717, 1.165) is 28.1 Å². The van der Waals surface area contributed by atoms with Gasteiger partial charge in [0.1, 0.15) is 11.6 Å². The Morgan fingerprint density at radius 3 is 2.18 bits per heavy atom. The van der Waals surface area contributed by atoms with Crippen LogP contribution in [0.5, 0.6) is 0 Å². The van der Waals surface area contributed by atoms with Gasteiger partial charge in [-0.25, -0.2) is 9.37 Å². The minimum absolute atomic E-state index is 0.260. The van der Waals surface area contributed by atoms with Crippen LogP contribution < -0.4 is 0 Å². The zero-order valence-electron chi connectivity index (χ0n) is 11.8. The Kier molecular flexibility index (Phi) is 2.97. The van der Waals surface area contributed by atoms with Crippen molar-refractivity contribution in [1.82, 2.24) is 9.55 Å². The maximum Gasteiger partial charge on any atom is 0.145 e. The molecule has 0 fully saturated rings. The Labute approximate surface area is 127 Å². The highest BCUT2D eigenvalue weighted by Gasteiger charge is 2.14. The molecule has 0 spiro atoms. The van der Waals surface area contributed by atoms with Gasteiger partial charge in [-0.15, -0.1) is 0 Å². The molecule has 22 heavy (non-hydrogen) atoms. The van der Waals surface area contributed by atoms with E-state index in [-0.39, 0.29) is 5.82 Å². The highest BCUT2D eigenvalue weighted by atomic mass is 19.1. The van der Waals surface area contributed by atoms with Gasteiger partial charge in [0, 0.05) is 17.3 Å². The number of fused-ring (bicyclic) bond motifs is 1. The molecule has 0 saturated heterocycles. The SMILES string of the molecule is Fc1ccc2nc(-c3ccccc3)n(-c3ccccc3)c2c1. The molecule has 2 nitrogen and oxygen atoms in total. The fraction of sp³-hybridized carbons (Fsp3) is 0. The van der Waals surface area contributed by atoms with Crippen molar-refractivity contribution in [1.29, 1.82) is 0 Å².